The van der Waals surface area contributed by atoms with Crippen LogP contribution < -0.4 is 10.6 Å². The first-order valence-corrected chi connectivity index (χ1v) is 8.23. The SMILES string of the molecule is CN=C(NCc1cccc(Cn2cccn2)c1)NCc1ccccn1. The fraction of sp³-hybridized carbons (Fsp3) is 0.211. The third kappa shape index (κ3) is 5.17. The van der Waals surface area contributed by atoms with E-state index >= 15 is 0 Å². The van der Waals surface area contributed by atoms with Gasteiger partial charge in [-0.05, 0) is 29.3 Å². The van der Waals surface area contributed by atoms with Crippen molar-refractivity contribution in [3.63, 3.8) is 0 Å². The minimum absolute atomic E-state index is 0.639. The van der Waals surface area contributed by atoms with E-state index in [1.165, 1.54) is 11.1 Å². The monoisotopic (exact) mass is 334 g/mol. The Hall–Kier alpha value is -3.15. The predicted octanol–water partition coefficient (Wildman–Crippen LogP) is 2.19. The van der Waals surface area contributed by atoms with Crippen LogP contribution >= 0.6 is 0 Å². The topological polar surface area (TPSA) is 67.1 Å². The first-order chi connectivity index (χ1) is 12.3. The second-order valence-corrected chi connectivity index (χ2v) is 5.62. The lowest BCUT2D eigenvalue weighted by atomic mass is 10.1. The molecule has 0 aliphatic heterocycles. The van der Waals surface area contributed by atoms with Crippen molar-refractivity contribution in [2.45, 2.75) is 19.6 Å². The van der Waals surface area contributed by atoms with Crippen molar-refractivity contribution in [3.05, 3.63) is 83.9 Å². The molecular weight excluding hydrogens is 312 g/mol. The van der Waals surface area contributed by atoms with Gasteiger partial charge in [-0.15, -0.1) is 0 Å². The highest BCUT2D eigenvalue weighted by molar-refractivity contribution is 5.79. The first kappa shape index (κ1) is 16.7. The Balaban J connectivity index is 1.53. The number of aromatic nitrogens is 3. The molecule has 128 valence electrons. The molecule has 0 spiro atoms. The summed E-state index contributed by atoms with van der Waals surface area (Å²) >= 11 is 0. The van der Waals surface area contributed by atoms with Gasteiger partial charge < -0.3 is 10.6 Å². The molecule has 0 bridgehead atoms. The number of hydrogen-bond acceptors (Lipinski definition) is 3. The average molecular weight is 334 g/mol. The van der Waals surface area contributed by atoms with Crippen molar-refractivity contribution in [2.75, 3.05) is 7.05 Å². The molecule has 0 amide bonds. The van der Waals surface area contributed by atoms with E-state index in [4.69, 9.17) is 0 Å². The minimum atomic E-state index is 0.639. The van der Waals surface area contributed by atoms with E-state index in [0.29, 0.717) is 13.1 Å². The number of benzene rings is 1. The van der Waals surface area contributed by atoms with E-state index in [0.717, 1.165) is 18.2 Å². The Bertz CT molecular complexity index is 796. The molecule has 0 saturated carbocycles. The van der Waals surface area contributed by atoms with Crippen LogP contribution in [-0.4, -0.2) is 27.8 Å². The number of pyridine rings is 1. The molecule has 2 heterocycles. The molecule has 2 aromatic heterocycles. The Kier molecular flexibility index (Phi) is 5.77. The standard InChI is InChI=1S/C19H22N6/c1-20-19(23-14-18-8-2-3-9-21-18)22-13-16-6-4-7-17(12-16)15-25-11-5-10-24-25/h2-12H,13-15H2,1H3,(H2,20,22,23). The van der Waals surface area contributed by atoms with Crippen LogP contribution in [0.1, 0.15) is 16.8 Å². The number of aliphatic imine (C=N–C) groups is 1. The van der Waals surface area contributed by atoms with Crippen LogP contribution in [-0.2, 0) is 19.6 Å². The maximum atomic E-state index is 4.30. The molecule has 3 rings (SSSR count). The molecule has 0 unspecified atom stereocenters. The van der Waals surface area contributed by atoms with Crippen molar-refractivity contribution in [3.8, 4) is 0 Å². The smallest absolute Gasteiger partial charge is 0.191 e. The lowest BCUT2D eigenvalue weighted by Gasteiger charge is -2.12. The summed E-state index contributed by atoms with van der Waals surface area (Å²) in [5, 5.41) is 10.8. The van der Waals surface area contributed by atoms with E-state index in [1.807, 2.05) is 35.1 Å². The van der Waals surface area contributed by atoms with Crippen molar-refractivity contribution in [1.29, 1.82) is 0 Å². The average Bonchev–Trinajstić information content (AvgIpc) is 3.16. The summed E-state index contributed by atoms with van der Waals surface area (Å²) in [7, 11) is 1.77. The number of guanidine groups is 1. The van der Waals surface area contributed by atoms with Gasteiger partial charge in [0.15, 0.2) is 5.96 Å². The molecule has 0 radical (unpaired) electrons. The highest BCUT2D eigenvalue weighted by Crippen LogP contribution is 2.07. The van der Waals surface area contributed by atoms with Gasteiger partial charge in [0.25, 0.3) is 0 Å². The fourth-order valence-corrected chi connectivity index (χ4v) is 2.50. The summed E-state index contributed by atoms with van der Waals surface area (Å²) in [4.78, 5) is 8.55. The van der Waals surface area contributed by atoms with Crippen LogP contribution in [0.2, 0.25) is 0 Å². The third-order valence-electron chi connectivity index (χ3n) is 3.74. The van der Waals surface area contributed by atoms with Crippen LogP contribution in [0.5, 0.6) is 0 Å². The van der Waals surface area contributed by atoms with Gasteiger partial charge in [0.05, 0.1) is 18.8 Å². The molecule has 0 aliphatic carbocycles. The Morgan fingerprint density at radius 2 is 1.88 bits per heavy atom. The lowest BCUT2D eigenvalue weighted by Crippen LogP contribution is -2.36. The molecule has 0 fully saturated rings. The Labute approximate surface area is 147 Å². The largest absolute Gasteiger partial charge is 0.352 e. The molecule has 1 aromatic carbocycles. The van der Waals surface area contributed by atoms with Crippen molar-refractivity contribution < 1.29 is 0 Å². The van der Waals surface area contributed by atoms with Gasteiger partial charge in [-0.3, -0.25) is 14.7 Å². The second kappa shape index (κ2) is 8.63. The third-order valence-corrected chi connectivity index (χ3v) is 3.74. The molecule has 6 nitrogen and oxygen atoms in total. The van der Waals surface area contributed by atoms with Gasteiger partial charge >= 0.3 is 0 Å². The summed E-state index contributed by atoms with van der Waals surface area (Å²) in [6, 6.07) is 16.3. The second-order valence-electron chi connectivity index (χ2n) is 5.62. The fourth-order valence-electron chi connectivity index (χ4n) is 2.50. The lowest BCUT2D eigenvalue weighted by molar-refractivity contribution is 0.685. The molecule has 25 heavy (non-hydrogen) atoms. The quantitative estimate of drug-likeness (QED) is 0.536. The van der Waals surface area contributed by atoms with Crippen LogP contribution in [0.15, 0.2) is 72.1 Å². The van der Waals surface area contributed by atoms with Crippen LogP contribution in [0, 0.1) is 0 Å². The molecule has 0 atom stereocenters. The highest BCUT2D eigenvalue weighted by Gasteiger charge is 2.01. The van der Waals surface area contributed by atoms with E-state index < -0.39 is 0 Å². The Morgan fingerprint density at radius 1 is 1.00 bits per heavy atom. The van der Waals surface area contributed by atoms with E-state index in [2.05, 4.69) is 50.0 Å². The van der Waals surface area contributed by atoms with Gasteiger partial charge in [-0.1, -0.05) is 30.3 Å². The molecule has 0 aliphatic rings. The normalized spacial score (nSPS) is 11.3. The summed E-state index contributed by atoms with van der Waals surface area (Å²) in [6.45, 7) is 2.11. The molecule has 3 aromatic rings. The summed E-state index contributed by atoms with van der Waals surface area (Å²) < 4.78 is 1.92. The molecule has 6 heteroatoms. The Morgan fingerprint density at radius 3 is 2.64 bits per heavy atom. The highest BCUT2D eigenvalue weighted by atomic mass is 15.3. The van der Waals surface area contributed by atoms with Crippen molar-refractivity contribution in [1.82, 2.24) is 25.4 Å². The van der Waals surface area contributed by atoms with E-state index in [1.54, 1.807) is 19.4 Å². The maximum absolute atomic E-state index is 4.30. The van der Waals surface area contributed by atoms with Gasteiger partial charge in [0.1, 0.15) is 0 Å². The van der Waals surface area contributed by atoms with Gasteiger partial charge in [-0.2, -0.15) is 5.10 Å². The first-order valence-electron chi connectivity index (χ1n) is 8.23. The summed E-state index contributed by atoms with van der Waals surface area (Å²) in [6.07, 6.45) is 5.55. The minimum Gasteiger partial charge on any atom is -0.352 e. The number of hydrogen-bond donors (Lipinski definition) is 2. The van der Waals surface area contributed by atoms with Crippen molar-refractivity contribution in [2.24, 2.45) is 4.99 Å². The number of nitrogens with zero attached hydrogens (tertiary/aromatic N) is 4. The molecule has 2 N–H and O–H groups in total. The van der Waals surface area contributed by atoms with Crippen molar-refractivity contribution >= 4 is 5.96 Å². The molecular formula is C19H22N6. The predicted molar refractivity (Wildman–Crippen MR) is 99.0 cm³/mol. The van der Waals surface area contributed by atoms with Gasteiger partial charge in [-0.25, -0.2) is 0 Å². The van der Waals surface area contributed by atoms with Crippen LogP contribution in [0.4, 0.5) is 0 Å². The zero-order valence-electron chi connectivity index (χ0n) is 14.3. The zero-order valence-corrected chi connectivity index (χ0v) is 14.3. The van der Waals surface area contributed by atoms with Crippen LogP contribution in [0.3, 0.4) is 0 Å². The van der Waals surface area contributed by atoms with E-state index in [-0.39, 0.29) is 0 Å². The van der Waals surface area contributed by atoms with Gasteiger partial charge in [0.2, 0.25) is 0 Å². The number of rotatable bonds is 6. The van der Waals surface area contributed by atoms with Gasteiger partial charge in [0, 0.05) is 32.2 Å². The summed E-state index contributed by atoms with van der Waals surface area (Å²) in [5.41, 5.74) is 3.40. The van der Waals surface area contributed by atoms with Crippen LogP contribution in [0.25, 0.3) is 0 Å². The number of nitrogens with one attached hydrogen (secondary N) is 2. The summed E-state index contributed by atoms with van der Waals surface area (Å²) in [5.74, 6) is 0.753. The maximum Gasteiger partial charge on any atom is 0.191 e. The molecule has 0 saturated heterocycles. The van der Waals surface area contributed by atoms with E-state index in [9.17, 15) is 0 Å². The zero-order chi connectivity index (χ0) is 17.3.